The maximum atomic E-state index is 10.1. The van der Waals surface area contributed by atoms with Crippen LogP contribution in [0.15, 0.2) is 72.8 Å². The topological polar surface area (TPSA) is 49.7 Å². The van der Waals surface area contributed by atoms with Crippen LogP contribution in [-0.2, 0) is 4.43 Å². The molecule has 26 heavy (non-hydrogen) atoms. The molecule has 0 spiro atoms. The van der Waals surface area contributed by atoms with Gasteiger partial charge in [-0.3, -0.25) is 0 Å². The lowest BCUT2D eigenvalue weighted by atomic mass is 10.2. The highest BCUT2D eigenvalue weighted by atomic mass is 28.4. The van der Waals surface area contributed by atoms with Crippen LogP contribution in [0.25, 0.3) is 0 Å². The van der Waals surface area contributed by atoms with E-state index in [-0.39, 0.29) is 11.6 Å². The average Bonchev–Trinajstić information content (AvgIpc) is 2.64. The Morgan fingerprint density at radius 2 is 1.46 bits per heavy atom. The molecule has 0 aromatic heterocycles. The summed E-state index contributed by atoms with van der Waals surface area (Å²) < 4.78 is 6.70. The van der Waals surface area contributed by atoms with E-state index < -0.39 is 14.4 Å². The summed E-state index contributed by atoms with van der Waals surface area (Å²) >= 11 is 0. The van der Waals surface area contributed by atoms with Crippen LogP contribution in [0, 0.1) is 0 Å². The first-order valence-corrected chi connectivity index (χ1v) is 11.0. The van der Waals surface area contributed by atoms with E-state index in [0.29, 0.717) is 13.0 Å². The lowest BCUT2D eigenvalue weighted by Gasteiger charge is -2.43. The summed E-state index contributed by atoms with van der Waals surface area (Å²) in [6.45, 7) is 7.11. The standard InChI is InChI=1S/C22H30O3Si/c1-22(2,3)26(20-12-6-4-7-13-20,21-14-8-5-9-15-21)25-18-16-19(24)11-10-17-23/h4-15,19,23-24H,16-18H2,1-3H3/b11-10-. The lowest BCUT2D eigenvalue weighted by molar-refractivity contribution is 0.173. The van der Waals surface area contributed by atoms with Gasteiger partial charge in [0.05, 0.1) is 12.7 Å². The van der Waals surface area contributed by atoms with Crippen molar-refractivity contribution in [3.63, 3.8) is 0 Å². The second-order valence-corrected chi connectivity index (χ2v) is 11.8. The number of aliphatic hydroxyl groups excluding tert-OH is 2. The Balaban J connectivity index is 2.39. The van der Waals surface area contributed by atoms with Crippen molar-refractivity contribution in [1.82, 2.24) is 0 Å². The van der Waals surface area contributed by atoms with E-state index >= 15 is 0 Å². The van der Waals surface area contributed by atoms with E-state index in [9.17, 15) is 5.11 Å². The molecule has 2 aromatic carbocycles. The van der Waals surface area contributed by atoms with Gasteiger partial charge in [0.25, 0.3) is 8.32 Å². The third-order valence-electron chi connectivity index (χ3n) is 4.61. The van der Waals surface area contributed by atoms with Crippen molar-refractivity contribution in [3.8, 4) is 0 Å². The fraction of sp³-hybridized carbons (Fsp3) is 0.364. The average molecular weight is 371 g/mol. The molecule has 3 nitrogen and oxygen atoms in total. The zero-order valence-electron chi connectivity index (χ0n) is 15.9. The zero-order chi connectivity index (χ0) is 19.0. The van der Waals surface area contributed by atoms with Crippen molar-refractivity contribution >= 4 is 18.7 Å². The molecule has 0 fully saturated rings. The van der Waals surface area contributed by atoms with E-state index in [1.54, 1.807) is 12.2 Å². The number of benzene rings is 2. The molecule has 1 atom stereocenters. The van der Waals surface area contributed by atoms with Gasteiger partial charge in [0.15, 0.2) is 0 Å². The van der Waals surface area contributed by atoms with Crippen molar-refractivity contribution in [1.29, 1.82) is 0 Å². The predicted octanol–water partition coefficient (Wildman–Crippen LogP) is 2.86. The third kappa shape index (κ3) is 4.71. The quantitative estimate of drug-likeness (QED) is 0.555. The molecular weight excluding hydrogens is 340 g/mol. The molecule has 0 aliphatic carbocycles. The van der Waals surface area contributed by atoms with Gasteiger partial charge in [0.1, 0.15) is 0 Å². The summed E-state index contributed by atoms with van der Waals surface area (Å²) in [7, 11) is -2.53. The fourth-order valence-electron chi connectivity index (χ4n) is 3.41. The van der Waals surface area contributed by atoms with Gasteiger partial charge in [0, 0.05) is 6.61 Å². The summed E-state index contributed by atoms with van der Waals surface area (Å²) in [6.07, 6.45) is 3.07. The molecule has 0 saturated heterocycles. The molecular formula is C22H30O3Si. The molecule has 140 valence electrons. The summed E-state index contributed by atoms with van der Waals surface area (Å²) in [5, 5.41) is 21.3. The van der Waals surface area contributed by atoms with E-state index in [4.69, 9.17) is 9.53 Å². The number of hydrogen-bond donors (Lipinski definition) is 2. The second-order valence-electron chi connectivity index (χ2n) is 7.48. The Hall–Kier alpha value is -1.72. The first-order valence-electron chi connectivity index (χ1n) is 9.12. The van der Waals surface area contributed by atoms with E-state index in [1.165, 1.54) is 10.4 Å². The maximum absolute atomic E-state index is 10.1. The van der Waals surface area contributed by atoms with Crippen LogP contribution in [0.2, 0.25) is 5.04 Å². The van der Waals surface area contributed by atoms with Crippen LogP contribution < -0.4 is 10.4 Å². The molecule has 0 aliphatic heterocycles. The number of rotatable bonds is 8. The summed E-state index contributed by atoms with van der Waals surface area (Å²) in [4.78, 5) is 0. The molecule has 4 heteroatoms. The largest absolute Gasteiger partial charge is 0.407 e. The molecule has 2 N–H and O–H groups in total. The van der Waals surface area contributed by atoms with Gasteiger partial charge in [-0.2, -0.15) is 0 Å². The molecule has 1 unspecified atom stereocenters. The van der Waals surface area contributed by atoms with Gasteiger partial charge in [0.2, 0.25) is 0 Å². The Morgan fingerprint density at radius 1 is 0.962 bits per heavy atom. The minimum Gasteiger partial charge on any atom is -0.407 e. The highest BCUT2D eigenvalue weighted by Crippen LogP contribution is 2.36. The SMILES string of the molecule is CC(C)(C)[Si](OCCC(O)/C=C\CO)(c1ccccc1)c1ccccc1. The molecule has 0 aliphatic rings. The minimum absolute atomic E-state index is 0.0629. The molecule has 0 amide bonds. The van der Waals surface area contributed by atoms with Crippen LogP contribution in [0.4, 0.5) is 0 Å². The fourth-order valence-corrected chi connectivity index (χ4v) is 7.99. The molecule has 0 heterocycles. The van der Waals surface area contributed by atoms with Gasteiger partial charge in [-0.1, -0.05) is 93.6 Å². The Kier molecular flexibility index (Phi) is 7.35. The normalized spacial score (nSPS) is 13.9. The van der Waals surface area contributed by atoms with Crippen LogP contribution in [0.3, 0.4) is 0 Å². The van der Waals surface area contributed by atoms with Crippen molar-refractivity contribution in [2.45, 2.75) is 38.3 Å². The van der Waals surface area contributed by atoms with Crippen molar-refractivity contribution in [2.75, 3.05) is 13.2 Å². The smallest absolute Gasteiger partial charge is 0.261 e. The predicted molar refractivity (Wildman–Crippen MR) is 110 cm³/mol. The lowest BCUT2D eigenvalue weighted by Crippen LogP contribution is -2.66. The summed E-state index contributed by atoms with van der Waals surface area (Å²) in [6, 6.07) is 20.9. The monoisotopic (exact) mass is 370 g/mol. The third-order valence-corrected chi connectivity index (χ3v) is 9.65. The molecule has 2 rings (SSSR count). The van der Waals surface area contributed by atoms with Gasteiger partial charge >= 0.3 is 0 Å². The van der Waals surface area contributed by atoms with E-state index in [0.717, 1.165) is 0 Å². The molecule has 0 saturated carbocycles. The van der Waals surface area contributed by atoms with Crippen molar-refractivity contribution in [3.05, 3.63) is 72.8 Å². The second kappa shape index (κ2) is 9.28. The Bertz CT molecular complexity index is 638. The summed E-state index contributed by atoms with van der Waals surface area (Å²) in [5.74, 6) is 0. The van der Waals surface area contributed by atoms with Gasteiger partial charge in [-0.05, 0) is 21.8 Å². The highest BCUT2D eigenvalue weighted by Gasteiger charge is 2.49. The number of aliphatic hydroxyl groups is 2. The van der Waals surface area contributed by atoms with Crippen molar-refractivity contribution < 1.29 is 14.6 Å². The van der Waals surface area contributed by atoms with Gasteiger partial charge < -0.3 is 14.6 Å². The first kappa shape index (κ1) is 20.6. The van der Waals surface area contributed by atoms with Crippen LogP contribution >= 0.6 is 0 Å². The van der Waals surface area contributed by atoms with Gasteiger partial charge in [-0.25, -0.2) is 0 Å². The zero-order valence-corrected chi connectivity index (χ0v) is 16.9. The van der Waals surface area contributed by atoms with Crippen LogP contribution in [0.1, 0.15) is 27.2 Å². The van der Waals surface area contributed by atoms with Crippen LogP contribution in [-0.4, -0.2) is 37.8 Å². The highest BCUT2D eigenvalue weighted by molar-refractivity contribution is 6.99. The molecule has 0 radical (unpaired) electrons. The Labute approximate surface area is 158 Å². The minimum atomic E-state index is -2.53. The summed E-state index contributed by atoms with van der Waals surface area (Å²) in [5.41, 5.74) is 0. The van der Waals surface area contributed by atoms with Gasteiger partial charge in [-0.15, -0.1) is 0 Å². The number of hydrogen-bond acceptors (Lipinski definition) is 3. The first-order chi connectivity index (χ1) is 12.4. The van der Waals surface area contributed by atoms with Crippen LogP contribution in [0.5, 0.6) is 0 Å². The maximum Gasteiger partial charge on any atom is 0.261 e. The van der Waals surface area contributed by atoms with Crippen molar-refractivity contribution in [2.24, 2.45) is 0 Å². The molecule has 2 aromatic rings. The Morgan fingerprint density at radius 3 is 1.88 bits per heavy atom. The van der Waals surface area contributed by atoms with E-state index in [1.807, 2.05) is 12.1 Å². The molecule has 0 bridgehead atoms. The van der Waals surface area contributed by atoms with E-state index in [2.05, 4.69) is 69.3 Å².